The highest BCUT2D eigenvalue weighted by atomic mass is 19.1. The number of hydrogen-bond acceptors (Lipinski definition) is 3. The number of aliphatic hydroxyl groups excluding tert-OH is 1. The number of benzene rings is 1. The first-order chi connectivity index (χ1) is 10.9. The van der Waals surface area contributed by atoms with E-state index in [0.717, 1.165) is 12.0 Å². The van der Waals surface area contributed by atoms with Gasteiger partial charge in [-0.05, 0) is 63.4 Å². The van der Waals surface area contributed by atoms with Gasteiger partial charge in [-0.2, -0.15) is 0 Å². The Bertz CT molecular complexity index is 605. The third kappa shape index (κ3) is 3.12. The molecule has 23 heavy (non-hydrogen) atoms. The van der Waals surface area contributed by atoms with Gasteiger partial charge in [-0.3, -0.25) is 4.79 Å². The average Bonchev–Trinajstić information content (AvgIpc) is 2.88. The summed E-state index contributed by atoms with van der Waals surface area (Å²) in [6.45, 7) is 3.09. The van der Waals surface area contributed by atoms with Crippen molar-refractivity contribution < 1.29 is 14.3 Å². The Kier molecular flexibility index (Phi) is 4.43. The van der Waals surface area contributed by atoms with E-state index in [4.69, 9.17) is 0 Å². The lowest BCUT2D eigenvalue weighted by molar-refractivity contribution is 0.00940. The summed E-state index contributed by atoms with van der Waals surface area (Å²) in [6.07, 6.45) is 1.25. The molecule has 3 rings (SSSR count). The molecule has 5 heteroatoms. The zero-order valence-corrected chi connectivity index (χ0v) is 14.0. The van der Waals surface area contributed by atoms with Crippen LogP contribution in [0.5, 0.6) is 0 Å². The van der Waals surface area contributed by atoms with E-state index in [9.17, 15) is 14.3 Å². The minimum atomic E-state index is -0.448. The van der Waals surface area contributed by atoms with Crippen molar-refractivity contribution >= 4 is 5.91 Å². The standard InChI is InChI=1S/C18H25FN2O2/c1-11-4-5-14(15(19)6-11)18(23)21-9-12-7-16(20(2)3)17(22)8-13(12)10-21/h4-6,12-13,16-17,22H,7-10H2,1-3H3/t12-,13+,16-,17-/m1/s1. The first-order valence-electron chi connectivity index (χ1n) is 8.26. The number of carbonyl (C=O) groups excluding carboxylic acids is 1. The van der Waals surface area contributed by atoms with Crippen LogP contribution in [0.15, 0.2) is 18.2 Å². The van der Waals surface area contributed by atoms with E-state index < -0.39 is 5.82 Å². The Hall–Kier alpha value is -1.46. The maximum absolute atomic E-state index is 14.1. The zero-order chi connectivity index (χ0) is 16.7. The summed E-state index contributed by atoms with van der Waals surface area (Å²) in [7, 11) is 3.96. The number of rotatable bonds is 2. The molecule has 1 aliphatic heterocycles. The number of likely N-dealkylation sites (N-methyl/N-ethyl adjacent to an activating group) is 1. The van der Waals surface area contributed by atoms with E-state index >= 15 is 0 Å². The van der Waals surface area contributed by atoms with Crippen LogP contribution in [-0.2, 0) is 0 Å². The highest BCUT2D eigenvalue weighted by molar-refractivity contribution is 5.94. The first-order valence-corrected chi connectivity index (χ1v) is 8.26. The Labute approximate surface area is 136 Å². The Balaban J connectivity index is 1.73. The molecule has 1 aromatic rings. The third-order valence-electron chi connectivity index (χ3n) is 5.41. The summed E-state index contributed by atoms with van der Waals surface area (Å²) < 4.78 is 14.1. The van der Waals surface area contributed by atoms with Gasteiger partial charge in [0.1, 0.15) is 5.82 Å². The normalized spacial score (nSPS) is 30.6. The minimum absolute atomic E-state index is 0.141. The molecule has 1 saturated carbocycles. The van der Waals surface area contributed by atoms with Crippen LogP contribution < -0.4 is 0 Å². The first kappa shape index (κ1) is 16.4. The summed E-state index contributed by atoms with van der Waals surface area (Å²) in [4.78, 5) is 16.5. The molecule has 0 aromatic heterocycles. The zero-order valence-electron chi connectivity index (χ0n) is 14.0. The lowest BCUT2D eigenvalue weighted by Gasteiger charge is -2.38. The van der Waals surface area contributed by atoms with Crippen molar-refractivity contribution in [2.75, 3.05) is 27.2 Å². The fourth-order valence-corrected chi connectivity index (χ4v) is 4.09. The molecule has 4 atom stereocenters. The fraction of sp³-hybridized carbons (Fsp3) is 0.611. The molecule has 126 valence electrons. The van der Waals surface area contributed by atoms with Crippen molar-refractivity contribution in [2.45, 2.75) is 31.9 Å². The third-order valence-corrected chi connectivity index (χ3v) is 5.41. The van der Waals surface area contributed by atoms with Gasteiger partial charge in [-0.25, -0.2) is 4.39 Å². The van der Waals surface area contributed by atoms with E-state index in [-0.39, 0.29) is 23.6 Å². The van der Waals surface area contributed by atoms with Gasteiger partial charge in [0.25, 0.3) is 5.91 Å². The van der Waals surface area contributed by atoms with Gasteiger partial charge in [0, 0.05) is 19.1 Å². The lowest BCUT2D eigenvalue weighted by atomic mass is 9.77. The monoisotopic (exact) mass is 320 g/mol. The molecular formula is C18H25FN2O2. The summed E-state index contributed by atoms with van der Waals surface area (Å²) in [5.41, 5.74) is 0.963. The predicted molar refractivity (Wildman–Crippen MR) is 86.7 cm³/mol. The van der Waals surface area contributed by atoms with Crippen LogP contribution in [-0.4, -0.2) is 60.1 Å². The van der Waals surface area contributed by atoms with Crippen LogP contribution in [0.1, 0.15) is 28.8 Å². The molecular weight excluding hydrogens is 295 g/mol. The van der Waals surface area contributed by atoms with Crippen molar-refractivity contribution in [3.8, 4) is 0 Å². The molecule has 1 amide bonds. The molecule has 4 nitrogen and oxygen atoms in total. The van der Waals surface area contributed by atoms with Crippen molar-refractivity contribution in [1.82, 2.24) is 9.80 Å². The summed E-state index contributed by atoms with van der Waals surface area (Å²) in [5.74, 6) is 0.0331. The number of aliphatic hydroxyl groups is 1. The van der Waals surface area contributed by atoms with Gasteiger partial charge in [0.2, 0.25) is 0 Å². The number of nitrogens with zero attached hydrogens (tertiary/aromatic N) is 2. The quantitative estimate of drug-likeness (QED) is 0.905. The van der Waals surface area contributed by atoms with Crippen molar-refractivity contribution in [3.63, 3.8) is 0 Å². The highest BCUT2D eigenvalue weighted by Gasteiger charge is 2.43. The fourth-order valence-electron chi connectivity index (χ4n) is 4.09. The molecule has 2 fully saturated rings. The number of amides is 1. The molecule has 0 bridgehead atoms. The molecule has 2 aliphatic rings. The van der Waals surface area contributed by atoms with Crippen LogP contribution in [0, 0.1) is 24.6 Å². The van der Waals surface area contributed by atoms with Gasteiger partial charge in [-0.15, -0.1) is 0 Å². The second kappa shape index (κ2) is 6.21. The number of halogens is 1. The van der Waals surface area contributed by atoms with Crippen LogP contribution in [0.2, 0.25) is 0 Å². The van der Waals surface area contributed by atoms with Gasteiger partial charge >= 0.3 is 0 Å². The molecule has 1 saturated heterocycles. The smallest absolute Gasteiger partial charge is 0.256 e. The number of likely N-dealkylation sites (tertiary alicyclic amines) is 1. The number of hydrogen-bond donors (Lipinski definition) is 1. The van der Waals surface area contributed by atoms with Crippen LogP contribution in [0.3, 0.4) is 0 Å². The second-order valence-electron chi connectivity index (χ2n) is 7.28. The molecule has 0 spiro atoms. The number of aryl methyl sites for hydroxylation is 1. The van der Waals surface area contributed by atoms with E-state index in [2.05, 4.69) is 4.90 Å². The summed E-state index contributed by atoms with van der Waals surface area (Å²) >= 11 is 0. The Morgan fingerprint density at radius 1 is 1.26 bits per heavy atom. The summed E-state index contributed by atoms with van der Waals surface area (Å²) in [6, 6.07) is 4.89. The van der Waals surface area contributed by atoms with Crippen molar-refractivity contribution in [2.24, 2.45) is 11.8 Å². The molecule has 1 aromatic carbocycles. The number of carbonyl (C=O) groups is 1. The Morgan fingerprint density at radius 2 is 1.91 bits per heavy atom. The van der Waals surface area contributed by atoms with E-state index in [0.29, 0.717) is 31.3 Å². The van der Waals surface area contributed by atoms with Crippen molar-refractivity contribution in [1.29, 1.82) is 0 Å². The van der Waals surface area contributed by atoms with Gasteiger partial charge in [-0.1, -0.05) is 6.07 Å². The van der Waals surface area contributed by atoms with Gasteiger partial charge < -0.3 is 14.9 Å². The minimum Gasteiger partial charge on any atom is -0.391 e. The van der Waals surface area contributed by atoms with E-state index in [1.54, 1.807) is 17.0 Å². The van der Waals surface area contributed by atoms with Crippen LogP contribution in [0.4, 0.5) is 4.39 Å². The maximum atomic E-state index is 14.1. The Morgan fingerprint density at radius 3 is 2.52 bits per heavy atom. The van der Waals surface area contributed by atoms with Gasteiger partial charge in [0.15, 0.2) is 0 Å². The average molecular weight is 320 g/mol. The molecule has 0 radical (unpaired) electrons. The molecule has 1 aliphatic carbocycles. The SMILES string of the molecule is Cc1ccc(C(=O)N2C[C@H]3C[C@@H](N(C)C)[C@H](O)C[C@H]3C2)c(F)c1. The largest absolute Gasteiger partial charge is 0.391 e. The molecule has 0 unspecified atom stereocenters. The highest BCUT2D eigenvalue weighted by Crippen LogP contribution is 2.38. The molecule has 1 heterocycles. The van der Waals surface area contributed by atoms with E-state index in [1.807, 2.05) is 21.0 Å². The van der Waals surface area contributed by atoms with E-state index in [1.165, 1.54) is 6.07 Å². The molecule has 1 N–H and O–H groups in total. The van der Waals surface area contributed by atoms with Crippen LogP contribution in [0.25, 0.3) is 0 Å². The van der Waals surface area contributed by atoms with Crippen LogP contribution >= 0.6 is 0 Å². The summed E-state index contributed by atoms with van der Waals surface area (Å²) in [5, 5.41) is 10.3. The maximum Gasteiger partial charge on any atom is 0.256 e. The topological polar surface area (TPSA) is 43.8 Å². The lowest BCUT2D eigenvalue weighted by Crippen LogP contribution is -2.46. The predicted octanol–water partition coefficient (Wildman–Crippen LogP) is 1.91. The second-order valence-corrected chi connectivity index (χ2v) is 7.28. The number of fused-ring (bicyclic) bond motifs is 1. The van der Waals surface area contributed by atoms with Crippen molar-refractivity contribution in [3.05, 3.63) is 35.1 Å². The van der Waals surface area contributed by atoms with Gasteiger partial charge in [0.05, 0.1) is 11.7 Å².